The molecule has 1 saturated carbocycles. The van der Waals surface area contributed by atoms with Gasteiger partial charge in [-0.2, -0.15) is 5.10 Å². The van der Waals surface area contributed by atoms with Crippen LogP contribution in [-0.4, -0.2) is 34.2 Å². The fourth-order valence-corrected chi connectivity index (χ4v) is 3.99. The van der Waals surface area contributed by atoms with Crippen LogP contribution in [0.3, 0.4) is 0 Å². The van der Waals surface area contributed by atoms with Crippen LogP contribution in [0.4, 0.5) is 5.69 Å². The highest BCUT2D eigenvalue weighted by Gasteiger charge is 2.26. The topological polar surface area (TPSA) is 64.2 Å². The highest BCUT2D eigenvalue weighted by atomic mass is 32.1. The number of nitrogen functional groups attached to an aromatic ring is 1. The van der Waals surface area contributed by atoms with E-state index in [1.807, 2.05) is 25.9 Å². The number of nitrogens with zero attached hydrogens (tertiary/aromatic N) is 3. The van der Waals surface area contributed by atoms with Crippen molar-refractivity contribution in [2.75, 3.05) is 19.3 Å². The molecule has 0 atom stereocenters. The number of carbonyl (C=O) groups is 1. The van der Waals surface area contributed by atoms with Gasteiger partial charge in [0.2, 0.25) is 0 Å². The van der Waals surface area contributed by atoms with Gasteiger partial charge < -0.3 is 10.6 Å². The first-order valence-corrected chi connectivity index (χ1v) is 7.77. The molecule has 108 valence electrons. The summed E-state index contributed by atoms with van der Waals surface area (Å²) in [6, 6.07) is 0. The van der Waals surface area contributed by atoms with E-state index in [1.165, 1.54) is 30.6 Å². The van der Waals surface area contributed by atoms with Crippen LogP contribution in [0.1, 0.15) is 34.6 Å². The summed E-state index contributed by atoms with van der Waals surface area (Å²) >= 11 is 1.44. The number of fused-ring (bicyclic) bond motifs is 1. The zero-order valence-electron chi connectivity index (χ0n) is 12.1. The average Bonchev–Trinajstić information content (AvgIpc) is 2.83. The number of aromatic nitrogens is 2. The fraction of sp³-hybridized carbons (Fsp3) is 0.571. The number of thiophene rings is 1. The maximum atomic E-state index is 12.6. The molecule has 2 heterocycles. The summed E-state index contributed by atoms with van der Waals surface area (Å²) in [4.78, 5) is 16.0. The molecule has 0 spiro atoms. The molecule has 1 fully saturated rings. The second-order valence-electron chi connectivity index (χ2n) is 5.72. The summed E-state index contributed by atoms with van der Waals surface area (Å²) in [6.07, 6.45) is 3.77. The van der Waals surface area contributed by atoms with Crippen molar-refractivity contribution in [3.63, 3.8) is 0 Å². The maximum Gasteiger partial charge on any atom is 0.265 e. The number of carbonyl (C=O) groups excluding carboxylic acids is 1. The van der Waals surface area contributed by atoms with Gasteiger partial charge in [-0.1, -0.05) is 6.42 Å². The normalized spacial score (nSPS) is 15.6. The maximum absolute atomic E-state index is 12.6. The zero-order valence-corrected chi connectivity index (χ0v) is 13.0. The van der Waals surface area contributed by atoms with E-state index in [1.54, 1.807) is 4.68 Å². The number of nitrogens with two attached hydrogens (primary N) is 1. The minimum Gasteiger partial charge on any atom is -0.397 e. The summed E-state index contributed by atoms with van der Waals surface area (Å²) in [6.45, 7) is 2.77. The molecule has 0 saturated heterocycles. The molecule has 1 amide bonds. The van der Waals surface area contributed by atoms with Crippen molar-refractivity contribution in [3.05, 3.63) is 10.6 Å². The van der Waals surface area contributed by atoms with E-state index < -0.39 is 0 Å². The van der Waals surface area contributed by atoms with Crippen LogP contribution in [0, 0.1) is 12.8 Å². The molecule has 2 N–H and O–H groups in total. The van der Waals surface area contributed by atoms with Gasteiger partial charge in [-0.05, 0) is 25.7 Å². The van der Waals surface area contributed by atoms with Crippen molar-refractivity contribution >= 4 is 33.1 Å². The average molecular weight is 292 g/mol. The van der Waals surface area contributed by atoms with E-state index in [9.17, 15) is 4.79 Å². The highest BCUT2D eigenvalue weighted by molar-refractivity contribution is 7.21. The molecule has 3 rings (SSSR count). The van der Waals surface area contributed by atoms with Gasteiger partial charge in [0, 0.05) is 20.6 Å². The quantitative estimate of drug-likeness (QED) is 0.944. The molecule has 0 bridgehead atoms. The predicted octanol–water partition coefficient (Wildman–Crippen LogP) is 2.40. The molecule has 5 nitrogen and oxygen atoms in total. The van der Waals surface area contributed by atoms with Crippen molar-refractivity contribution in [1.29, 1.82) is 0 Å². The Hall–Kier alpha value is -1.56. The Bertz CT molecular complexity index is 668. The molecule has 2 aromatic heterocycles. The Morgan fingerprint density at radius 3 is 2.80 bits per heavy atom. The Morgan fingerprint density at radius 2 is 2.25 bits per heavy atom. The smallest absolute Gasteiger partial charge is 0.265 e. The molecule has 6 heteroatoms. The van der Waals surface area contributed by atoms with Gasteiger partial charge in [0.1, 0.15) is 9.71 Å². The number of amides is 1. The van der Waals surface area contributed by atoms with Gasteiger partial charge in [-0.15, -0.1) is 11.3 Å². The molecule has 0 aliphatic heterocycles. The predicted molar refractivity (Wildman–Crippen MR) is 82.0 cm³/mol. The second kappa shape index (κ2) is 4.77. The summed E-state index contributed by atoms with van der Waals surface area (Å²) in [5.41, 5.74) is 7.65. The molecular formula is C14H20N4OS. The summed E-state index contributed by atoms with van der Waals surface area (Å²) in [5.74, 6) is 0.706. The first-order valence-electron chi connectivity index (χ1n) is 6.96. The molecule has 20 heavy (non-hydrogen) atoms. The summed E-state index contributed by atoms with van der Waals surface area (Å²) in [7, 11) is 3.76. The third kappa shape index (κ3) is 1.98. The Kier molecular flexibility index (Phi) is 3.20. The minimum absolute atomic E-state index is 0.0370. The van der Waals surface area contributed by atoms with Crippen molar-refractivity contribution in [3.8, 4) is 0 Å². The number of aryl methyl sites for hydroxylation is 2. The Labute approximate surface area is 122 Å². The van der Waals surface area contributed by atoms with Crippen LogP contribution in [0.5, 0.6) is 0 Å². The number of hydrogen-bond donors (Lipinski definition) is 1. The summed E-state index contributed by atoms with van der Waals surface area (Å²) < 4.78 is 1.80. The Morgan fingerprint density at radius 1 is 1.55 bits per heavy atom. The van der Waals surface area contributed by atoms with Gasteiger partial charge in [0.05, 0.1) is 16.8 Å². The van der Waals surface area contributed by atoms with E-state index in [0.717, 1.165) is 22.5 Å². The third-order valence-corrected chi connectivity index (χ3v) is 5.44. The van der Waals surface area contributed by atoms with Crippen LogP contribution in [0.25, 0.3) is 10.2 Å². The lowest BCUT2D eigenvalue weighted by Gasteiger charge is -2.30. The van der Waals surface area contributed by atoms with Gasteiger partial charge in [-0.3, -0.25) is 9.48 Å². The lowest BCUT2D eigenvalue weighted by Crippen LogP contribution is -2.34. The van der Waals surface area contributed by atoms with Gasteiger partial charge in [0.25, 0.3) is 5.91 Å². The van der Waals surface area contributed by atoms with E-state index in [0.29, 0.717) is 16.5 Å². The highest BCUT2D eigenvalue weighted by Crippen LogP contribution is 2.36. The lowest BCUT2D eigenvalue weighted by atomic mass is 9.85. The third-order valence-electron chi connectivity index (χ3n) is 4.18. The molecule has 0 aromatic carbocycles. The van der Waals surface area contributed by atoms with Crippen LogP contribution in [-0.2, 0) is 7.05 Å². The molecule has 0 unspecified atom stereocenters. The largest absolute Gasteiger partial charge is 0.397 e. The number of anilines is 1. The Balaban J connectivity index is 1.90. The van der Waals surface area contributed by atoms with Crippen LogP contribution >= 0.6 is 11.3 Å². The fourth-order valence-electron chi connectivity index (χ4n) is 2.81. The standard InChI is InChI=1S/C14H20N4OS/c1-8-10-11(15)12(20-14(10)18(3)16-8)13(19)17(2)7-9-5-4-6-9/h9H,4-7,15H2,1-3H3. The van der Waals surface area contributed by atoms with Crippen molar-refractivity contribution in [2.24, 2.45) is 13.0 Å². The molecule has 1 aliphatic rings. The first kappa shape index (κ1) is 13.4. The molecular weight excluding hydrogens is 272 g/mol. The molecule has 0 radical (unpaired) electrons. The first-order chi connectivity index (χ1) is 9.49. The number of rotatable bonds is 3. The molecule has 1 aliphatic carbocycles. The van der Waals surface area contributed by atoms with E-state index >= 15 is 0 Å². The van der Waals surface area contributed by atoms with Crippen molar-refractivity contribution in [2.45, 2.75) is 26.2 Å². The zero-order chi connectivity index (χ0) is 14.4. The van der Waals surface area contributed by atoms with Crippen LogP contribution < -0.4 is 5.73 Å². The van der Waals surface area contributed by atoms with Crippen LogP contribution in [0.2, 0.25) is 0 Å². The minimum atomic E-state index is 0.0370. The van der Waals surface area contributed by atoms with Gasteiger partial charge in [-0.25, -0.2) is 0 Å². The molecule has 2 aromatic rings. The van der Waals surface area contributed by atoms with Crippen LogP contribution in [0.15, 0.2) is 0 Å². The SMILES string of the molecule is Cc1nn(C)c2sc(C(=O)N(C)CC3CCC3)c(N)c12. The van der Waals surface area contributed by atoms with Crippen molar-refractivity contribution in [1.82, 2.24) is 14.7 Å². The van der Waals surface area contributed by atoms with Crippen molar-refractivity contribution < 1.29 is 4.79 Å². The van der Waals surface area contributed by atoms with E-state index in [4.69, 9.17) is 5.73 Å². The van der Waals surface area contributed by atoms with E-state index in [-0.39, 0.29) is 5.91 Å². The number of hydrogen-bond acceptors (Lipinski definition) is 4. The van der Waals surface area contributed by atoms with Gasteiger partial charge >= 0.3 is 0 Å². The monoisotopic (exact) mass is 292 g/mol. The van der Waals surface area contributed by atoms with E-state index in [2.05, 4.69) is 5.10 Å². The van der Waals surface area contributed by atoms with Gasteiger partial charge in [0.15, 0.2) is 0 Å². The summed E-state index contributed by atoms with van der Waals surface area (Å²) in [5, 5.41) is 5.28. The second-order valence-corrected chi connectivity index (χ2v) is 6.72. The lowest BCUT2D eigenvalue weighted by molar-refractivity contribution is 0.0751.